The molecule has 0 saturated carbocycles. The van der Waals surface area contributed by atoms with E-state index in [2.05, 4.69) is 49.4 Å². The first-order chi connectivity index (χ1) is 9.24. The second kappa shape index (κ2) is 5.36. The van der Waals surface area contributed by atoms with Crippen LogP contribution in [0.5, 0.6) is 0 Å². The summed E-state index contributed by atoms with van der Waals surface area (Å²) in [5.41, 5.74) is 6.39. The molecule has 0 spiro atoms. The summed E-state index contributed by atoms with van der Waals surface area (Å²) in [6.45, 7) is 3.59. The van der Waals surface area contributed by atoms with E-state index in [0.29, 0.717) is 0 Å². The van der Waals surface area contributed by atoms with E-state index >= 15 is 0 Å². The molecule has 1 nitrogen and oxygen atoms in total. The molecule has 1 heterocycles. The summed E-state index contributed by atoms with van der Waals surface area (Å²) in [7, 11) is 0. The fraction of sp³-hybridized carbons (Fsp3) is 0.294. The van der Waals surface area contributed by atoms with Gasteiger partial charge in [0.2, 0.25) is 0 Å². The van der Waals surface area contributed by atoms with Gasteiger partial charge >= 0.3 is 0 Å². The zero-order valence-electron chi connectivity index (χ0n) is 11.0. The number of rotatable bonds is 3. The van der Waals surface area contributed by atoms with Crippen LogP contribution >= 0.6 is 11.6 Å². The average molecular weight is 273 g/mol. The molecular weight excluding hydrogens is 256 g/mol. The fourth-order valence-corrected chi connectivity index (χ4v) is 2.84. The molecule has 19 heavy (non-hydrogen) atoms. The lowest BCUT2D eigenvalue weighted by atomic mass is 9.98. The van der Waals surface area contributed by atoms with Crippen molar-refractivity contribution in [2.75, 3.05) is 0 Å². The van der Waals surface area contributed by atoms with Gasteiger partial charge in [-0.2, -0.15) is 0 Å². The monoisotopic (exact) mass is 272 g/mol. The molecule has 0 fully saturated rings. The summed E-state index contributed by atoms with van der Waals surface area (Å²) in [5, 5.41) is 0.0204. The van der Waals surface area contributed by atoms with E-state index in [4.69, 9.17) is 16.3 Å². The van der Waals surface area contributed by atoms with Gasteiger partial charge in [0.15, 0.2) is 0 Å². The van der Waals surface area contributed by atoms with E-state index in [1.807, 2.05) is 0 Å². The molecule has 0 bridgehead atoms. The molecule has 1 unspecified atom stereocenters. The second-order valence-electron chi connectivity index (χ2n) is 5.12. The lowest BCUT2D eigenvalue weighted by molar-refractivity contribution is 0.134. The molecular formula is C17H17ClO. The molecule has 0 aliphatic carbocycles. The third kappa shape index (κ3) is 2.68. The van der Waals surface area contributed by atoms with Crippen molar-refractivity contribution in [3.05, 3.63) is 70.3 Å². The van der Waals surface area contributed by atoms with Crippen LogP contribution in [0.3, 0.4) is 0 Å². The number of hydrogen-bond acceptors (Lipinski definition) is 1. The topological polar surface area (TPSA) is 9.23 Å². The van der Waals surface area contributed by atoms with Gasteiger partial charge in [-0.3, -0.25) is 0 Å². The van der Waals surface area contributed by atoms with Crippen LogP contribution in [0.15, 0.2) is 42.5 Å². The van der Waals surface area contributed by atoms with Gasteiger partial charge in [-0.05, 0) is 41.2 Å². The molecule has 1 aliphatic rings. The lowest BCUT2D eigenvalue weighted by Gasteiger charge is -2.13. The van der Waals surface area contributed by atoms with Gasteiger partial charge in [0.05, 0.1) is 18.6 Å². The molecule has 0 N–H and O–H groups in total. The average Bonchev–Trinajstić information content (AvgIpc) is 2.88. The quantitative estimate of drug-likeness (QED) is 0.745. The summed E-state index contributed by atoms with van der Waals surface area (Å²) >= 11 is 6.57. The van der Waals surface area contributed by atoms with Crippen molar-refractivity contribution in [1.82, 2.24) is 0 Å². The Kier molecular flexibility index (Phi) is 3.58. The third-order valence-electron chi connectivity index (χ3n) is 3.77. The van der Waals surface area contributed by atoms with E-state index in [-0.39, 0.29) is 5.38 Å². The van der Waals surface area contributed by atoms with E-state index in [9.17, 15) is 0 Å². The van der Waals surface area contributed by atoms with Crippen LogP contribution in [0.25, 0.3) is 0 Å². The van der Waals surface area contributed by atoms with Crippen LogP contribution in [-0.4, -0.2) is 0 Å². The van der Waals surface area contributed by atoms with Crippen LogP contribution < -0.4 is 0 Å². The van der Waals surface area contributed by atoms with Crippen molar-refractivity contribution in [2.24, 2.45) is 0 Å². The summed E-state index contributed by atoms with van der Waals surface area (Å²) in [6, 6.07) is 14.9. The van der Waals surface area contributed by atoms with Gasteiger partial charge in [0.25, 0.3) is 0 Å². The largest absolute Gasteiger partial charge is 0.372 e. The molecule has 1 atom stereocenters. The second-order valence-corrected chi connectivity index (χ2v) is 5.65. The van der Waals surface area contributed by atoms with Gasteiger partial charge in [0, 0.05) is 0 Å². The van der Waals surface area contributed by atoms with E-state index in [1.54, 1.807) is 0 Å². The van der Waals surface area contributed by atoms with Crippen LogP contribution in [0, 0.1) is 6.92 Å². The summed E-state index contributed by atoms with van der Waals surface area (Å²) in [4.78, 5) is 0. The number of hydrogen-bond donors (Lipinski definition) is 0. The van der Waals surface area contributed by atoms with E-state index < -0.39 is 0 Å². The number of halogens is 1. The highest BCUT2D eigenvalue weighted by atomic mass is 35.5. The van der Waals surface area contributed by atoms with Gasteiger partial charge in [-0.25, -0.2) is 0 Å². The molecule has 2 heteroatoms. The Labute approximate surface area is 119 Å². The first-order valence-electron chi connectivity index (χ1n) is 6.62. The van der Waals surface area contributed by atoms with Crippen molar-refractivity contribution in [3.63, 3.8) is 0 Å². The molecule has 2 aromatic carbocycles. The van der Waals surface area contributed by atoms with E-state index in [1.165, 1.54) is 27.8 Å². The Balaban J connectivity index is 1.81. The first kappa shape index (κ1) is 12.7. The summed E-state index contributed by atoms with van der Waals surface area (Å²) in [5.74, 6) is 0. The zero-order valence-corrected chi connectivity index (χ0v) is 11.8. The molecule has 1 aliphatic heterocycles. The Morgan fingerprint density at radius 1 is 1.11 bits per heavy atom. The SMILES string of the molecule is Cc1ccccc1CC(Cl)c1ccc2c(c1)COC2. The van der Waals surface area contributed by atoms with Crippen LogP contribution in [0.2, 0.25) is 0 Å². The molecule has 0 radical (unpaired) electrons. The Bertz CT molecular complexity index is 592. The minimum absolute atomic E-state index is 0.0204. The number of alkyl halides is 1. The molecule has 0 saturated heterocycles. The highest BCUT2D eigenvalue weighted by Crippen LogP contribution is 2.30. The molecule has 98 valence electrons. The van der Waals surface area contributed by atoms with Crippen molar-refractivity contribution < 1.29 is 4.74 Å². The highest BCUT2D eigenvalue weighted by Gasteiger charge is 2.15. The van der Waals surface area contributed by atoms with Gasteiger partial charge in [-0.15, -0.1) is 11.6 Å². The summed E-state index contributed by atoms with van der Waals surface area (Å²) in [6.07, 6.45) is 0.869. The number of benzene rings is 2. The Morgan fingerprint density at radius 2 is 1.89 bits per heavy atom. The fourth-order valence-electron chi connectivity index (χ4n) is 2.54. The normalized spacial score (nSPS) is 15.3. The molecule has 2 aromatic rings. The van der Waals surface area contributed by atoms with Crippen LogP contribution in [0.1, 0.15) is 33.2 Å². The molecule has 0 amide bonds. The summed E-state index contributed by atoms with van der Waals surface area (Å²) < 4.78 is 5.44. The molecule has 3 rings (SSSR count). The number of aryl methyl sites for hydroxylation is 1. The minimum atomic E-state index is 0.0204. The first-order valence-corrected chi connectivity index (χ1v) is 7.05. The van der Waals surface area contributed by atoms with Crippen LogP contribution in [0.4, 0.5) is 0 Å². The maximum absolute atomic E-state index is 6.57. The van der Waals surface area contributed by atoms with E-state index in [0.717, 1.165) is 19.6 Å². The van der Waals surface area contributed by atoms with Crippen LogP contribution in [-0.2, 0) is 24.4 Å². The predicted octanol–water partition coefficient (Wildman–Crippen LogP) is 4.55. The third-order valence-corrected chi connectivity index (χ3v) is 4.17. The predicted molar refractivity (Wildman–Crippen MR) is 78.4 cm³/mol. The minimum Gasteiger partial charge on any atom is -0.372 e. The zero-order chi connectivity index (χ0) is 13.2. The van der Waals surface area contributed by atoms with Gasteiger partial charge in [0.1, 0.15) is 0 Å². The molecule has 0 aromatic heterocycles. The smallest absolute Gasteiger partial charge is 0.0725 e. The van der Waals surface area contributed by atoms with Crippen molar-refractivity contribution >= 4 is 11.6 Å². The standard InChI is InChI=1S/C17H17ClO/c1-12-4-2-3-5-13(12)9-17(18)14-6-7-15-10-19-11-16(15)8-14/h2-8,17H,9-11H2,1H3. The van der Waals surface area contributed by atoms with Gasteiger partial charge in [-0.1, -0.05) is 42.5 Å². The lowest BCUT2D eigenvalue weighted by Crippen LogP contribution is -1.99. The number of ether oxygens (including phenoxy) is 1. The Morgan fingerprint density at radius 3 is 2.74 bits per heavy atom. The maximum atomic E-state index is 6.57. The van der Waals surface area contributed by atoms with Crippen molar-refractivity contribution in [3.8, 4) is 0 Å². The van der Waals surface area contributed by atoms with Crippen molar-refractivity contribution in [2.45, 2.75) is 31.9 Å². The van der Waals surface area contributed by atoms with Gasteiger partial charge < -0.3 is 4.74 Å². The number of fused-ring (bicyclic) bond motifs is 1. The highest BCUT2D eigenvalue weighted by molar-refractivity contribution is 6.20. The Hall–Kier alpha value is -1.31. The van der Waals surface area contributed by atoms with Crippen molar-refractivity contribution in [1.29, 1.82) is 0 Å². The maximum Gasteiger partial charge on any atom is 0.0725 e.